The maximum absolute atomic E-state index is 13.0. The molecule has 1 fully saturated rings. The van der Waals surface area contributed by atoms with Gasteiger partial charge in [-0.25, -0.2) is 4.79 Å². The maximum atomic E-state index is 13.0. The molecule has 2 aromatic rings. The van der Waals surface area contributed by atoms with Crippen molar-refractivity contribution in [2.45, 2.75) is 45.6 Å². The first-order valence-electron chi connectivity index (χ1n) is 11.4. The van der Waals surface area contributed by atoms with Gasteiger partial charge in [0.25, 0.3) is 0 Å². The zero-order valence-corrected chi connectivity index (χ0v) is 19.6. The molecule has 0 bridgehead atoms. The molecule has 1 saturated heterocycles. The van der Waals surface area contributed by atoms with E-state index >= 15 is 0 Å². The van der Waals surface area contributed by atoms with Crippen LogP contribution in [0.25, 0.3) is 0 Å². The fourth-order valence-corrected chi connectivity index (χ4v) is 4.23. The molecule has 1 aliphatic heterocycles. The van der Waals surface area contributed by atoms with Crippen molar-refractivity contribution >= 4 is 11.9 Å². The van der Waals surface area contributed by atoms with Gasteiger partial charge in [-0.1, -0.05) is 42.0 Å². The average Bonchev–Trinajstić information content (AvgIpc) is 2.78. The lowest BCUT2D eigenvalue weighted by Crippen LogP contribution is -2.52. The average molecular weight is 438 g/mol. The first kappa shape index (κ1) is 23.6. The first-order chi connectivity index (χ1) is 15.4. The summed E-state index contributed by atoms with van der Waals surface area (Å²) in [6.07, 6.45) is 1.49. The van der Waals surface area contributed by atoms with Crippen molar-refractivity contribution in [3.8, 4) is 5.75 Å². The minimum absolute atomic E-state index is 0.0122. The van der Waals surface area contributed by atoms with Gasteiger partial charge in [0.15, 0.2) is 0 Å². The Morgan fingerprint density at radius 2 is 1.88 bits per heavy atom. The third-order valence-electron chi connectivity index (χ3n) is 5.91. The van der Waals surface area contributed by atoms with Gasteiger partial charge in [0, 0.05) is 31.6 Å². The van der Waals surface area contributed by atoms with Crippen LogP contribution in [0, 0.1) is 12.8 Å². The van der Waals surface area contributed by atoms with Crippen molar-refractivity contribution in [1.29, 1.82) is 0 Å². The van der Waals surface area contributed by atoms with E-state index in [0.717, 1.165) is 24.2 Å². The van der Waals surface area contributed by atoms with Crippen LogP contribution in [0.15, 0.2) is 48.5 Å². The molecule has 6 heteroatoms. The van der Waals surface area contributed by atoms with Crippen LogP contribution >= 0.6 is 0 Å². The zero-order chi connectivity index (χ0) is 23.1. The normalized spacial score (nSPS) is 18.3. The highest BCUT2D eigenvalue weighted by molar-refractivity contribution is 5.81. The number of piperidine rings is 1. The second kappa shape index (κ2) is 11.0. The smallest absolute Gasteiger partial charge is 0.317 e. The highest BCUT2D eigenvalue weighted by atomic mass is 16.5. The Balaban J connectivity index is 1.65. The molecule has 0 aliphatic carbocycles. The summed E-state index contributed by atoms with van der Waals surface area (Å²) < 4.78 is 5.19. The Morgan fingerprint density at radius 1 is 1.12 bits per heavy atom. The summed E-state index contributed by atoms with van der Waals surface area (Å²) >= 11 is 0. The molecular weight excluding hydrogens is 402 g/mol. The predicted octanol–water partition coefficient (Wildman–Crippen LogP) is 3.89. The Bertz CT molecular complexity index is 911. The van der Waals surface area contributed by atoms with E-state index in [1.807, 2.05) is 44.2 Å². The predicted molar refractivity (Wildman–Crippen MR) is 127 cm³/mol. The number of methoxy groups -OCH3 is 1. The number of hydrogen-bond acceptors (Lipinski definition) is 3. The quantitative estimate of drug-likeness (QED) is 0.690. The van der Waals surface area contributed by atoms with Crippen LogP contribution in [0.4, 0.5) is 4.79 Å². The Kier molecular flexibility index (Phi) is 8.14. The van der Waals surface area contributed by atoms with Crippen molar-refractivity contribution in [3.63, 3.8) is 0 Å². The van der Waals surface area contributed by atoms with Gasteiger partial charge in [0.1, 0.15) is 5.75 Å². The van der Waals surface area contributed by atoms with E-state index in [9.17, 15) is 9.59 Å². The number of nitrogens with one attached hydrogen (secondary N) is 2. The SMILES string of the molecule is COc1ccc(CCNC(=O)C2CC(c3cccc(C)c3)CN(C(=O)NC(C)C)C2)cc1. The van der Waals surface area contributed by atoms with Crippen LogP contribution in [-0.4, -0.2) is 49.6 Å². The van der Waals surface area contributed by atoms with Gasteiger partial charge >= 0.3 is 6.03 Å². The van der Waals surface area contributed by atoms with Crippen molar-refractivity contribution in [1.82, 2.24) is 15.5 Å². The molecule has 6 nitrogen and oxygen atoms in total. The molecule has 0 aromatic heterocycles. The molecule has 1 aliphatic rings. The number of rotatable bonds is 7. The summed E-state index contributed by atoms with van der Waals surface area (Å²) in [6.45, 7) is 7.59. The number of hydrogen-bond donors (Lipinski definition) is 2. The molecule has 172 valence electrons. The van der Waals surface area contributed by atoms with E-state index in [4.69, 9.17) is 4.74 Å². The van der Waals surface area contributed by atoms with Crippen molar-refractivity contribution in [2.75, 3.05) is 26.7 Å². The van der Waals surface area contributed by atoms with Crippen LogP contribution < -0.4 is 15.4 Å². The summed E-state index contributed by atoms with van der Waals surface area (Å²) in [5.74, 6) is 0.738. The number of carbonyl (C=O) groups excluding carboxylic acids is 2. The molecule has 2 atom stereocenters. The maximum Gasteiger partial charge on any atom is 0.317 e. The summed E-state index contributed by atoms with van der Waals surface area (Å²) in [7, 11) is 1.65. The number of aryl methyl sites for hydroxylation is 1. The largest absolute Gasteiger partial charge is 0.497 e. The molecule has 3 amide bonds. The first-order valence-corrected chi connectivity index (χ1v) is 11.4. The number of likely N-dealkylation sites (tertiary alicyclic amines) is 1. The molecule has 2 unspecified atom stereocenters. The Morgan fingerprint density at radius 3 is 2.53 bits per heavy atom. The second-order valence-corrected chi connectivity index (χ2v) is 8.94. The van der Waals surface area contributed by atoms with Crippen LogP contribution in [-0.2, 0) is 11.2 Å². The van der Waals surface area contributed by atoms with Gasteiger partial charge < -0.3 is 20.3 Å². The molecule has 2 aromatic carbocycles. The molecule has 0 saturated carbocycles. The van der Waals surface area contributed by atoms with Gasteiger partial charge in [-0.2, -0.15) is 0 Å². The fraction of sp³-hybridized carbons (Fsp3) is 0.462. The van der Waals surface area contributed by atoms with Gasteiger partial charge in [0.2, 0.25) is 5.91 Å². The second-order valence-electron chi connectivity index (χ2n) is 8.94. The van der Waals surface area contributed by atoms with E-state index in [2.05, 4.69) is 35.8 Å². The highest BCUT2D eigenvalue weighted by Gasteiger charge is 2.34. The summed E-state index contributed by atoms with van der Waals surface area (Å²) in [5.41, 5.74) is 3.51. The van der Waals surface area contributed by atoms with Gasteiger partial charge in [-0.15, -0.1) is 0 Å². The standard InChI is InChI=1S/C26H35N3O3/c1-18(2)28-26(31)29-16-22(21-7-5-6-19(3)14-21)15-23(17-29)25(30)27-13-12-20-8-10-24(32-4)11-9-20/h5-11,14,18,22-23H,12-13,15-17H2,1-4H3,(H,27,30)(H,28,31). The summed E-state index contributed by atoms with van der Waals surface area (Å²) in [5, 5.41) is 6.06. The minimum atomic E-state index is -0.233. The van der Waals surface area contributed by atoms with Gasteiger partial charge in [-0.3, -0.25) is 4.79 Å². The molecular formula is C26H35N3O3. The van der Waals surface area contributed by atoms with Crippen LogP contribution in [0.5, 0.6) is 5.75 Å². The molecule has 0 spiro atoms. The number of urea groups is 1. The molecule has 0 radical (unpaired) electrons. The minimum Gasteiger partial charge on any atom is -0.497 e. The lowest BCUT2D eigenvalue weighted by Gasteiger charge is -2.38. The lowest BCUT2D eigenvalue weighted by atomic mass is 9.83. The number of nitrogens with zero attached hydrogens (tertiary/aromatic N) is 1. The monoisotopic (exact) mass is 437 g/mol. The number of carbonyl (C=O) groups is 2. The van der Waals surface area contributed by atoms with Crippen LogP contribution in [0.1, 0.15) is 42.9 Å². The fourth-order valence-electron chi connectivity index (χ4n) is 4.23. The third kappa shape index (κ3) is 6.49. The van der Waals surface area contributed by atoms with E-state index in [1.54, 1.807) is 12.0 Å². The molecule has 3 rings (SSSR count). The van der Waals surface area contributed by atoms with Crippen molar-refractivity contribution < 1.29 is 14.3 Å². The summed E-state index contributed by atoms with van der Waals surface area (Å²) in [4.78, 5) is 27.6. The molecule has 32 heavy (non-hydrogen) atoms. The van der Waals surface area contributed by atoms with Crippen LogP contribution in [0.3, 0.4) is 0 Å². The molecule has 1 heterocycles. The van der Waals surface area contributed by atoms with E-state index < -0.39 is 0 Å². The summed E-state index contributed by atoms with van der Waals surface area (Å²) in [6, 6.07) is 16.2. The Labute approximate surface area is 191 Å². The van der Waals surface area contributed by atoms with Crippen molar-refractivity contribution in [2.24, 2.45) is 5.92 Å². The number of amides is 3. The van der Waals surface area contributed by atoms with E-state index in [-0.39, 0.29) is 29.8 Å². The third-order valence-corrected chi connectivity index (χ3v) is 5.91. The van der Waals surface area contributed by atoms with Gasteiger partial charge in [-0.05, 0) is 56.9 Å². The highest BCUT2D eigenvalue weighted by Crippen LogP contribution is 2.31. The number of ether oxygens (including phenoxy) is 1. The van der Waals surface area contributed by atoms with Crippen LogP contribution in [0.2, 0.25) is 0 Å². The van der Waals surface area contributed by atoms with Gasteiger partial charge in [0.05, 0.1) is 13.0 Å². The molecule has 2 N–H and O–H groups in total. The van der Waals surface area contributed by atoms with E-state index in [1.165, 1.54) is 11.1 Å². The number of benzene rings is 2. The zero-order valence-electron chi connectivity index (χ0n) is 19.6. The topological polar surface area (TPSA) is 70.7 Å². The lowest BCUT2D eigenvalue weighted by molar-refractivity contribution is -0.126. The van der Waals surface area contributed by atoms with Crippen molar-refractivity contribution in [3.05, 3.63) is 65.2 Å². The van der Waals surface area contributed by atoms with E-state index in [0.29, 0.717) is 19.6 Å². The Hall–Kier alpha value is -3.02.